The summed E-state index contributed by atoms with van der Waals surface area (Å²) in [6.07, 6.45) is 0.149. The second kappa shape index (κ2) is 14.2. The van der Waals surface area contributed by atoms with E-state index in [1.165, 1.54) is 29.2 Å². The number of sulfonamides is 1. The summed E-state index contributed by atoms with van der Waals surface area (Å²) in [7, 11) is -4.20. The molecule has 1 atom stereocenters. The summed E-state index contributed by atoms with van der Waals surface area (Å²) in [6, 6.07) is 28.5. The predicted octanol–water partition coefficient (Wildman–Crippen LogP) is 5.56. The van der Waals surface area contributed by atoms with Crippen molar-refractivity contribution in [3.63, 3.8) is 0 Å². The highest BCUT2D eigenvalue weighted by Crippen LogP contribution is 2.26. The largest absolute Gasteiger partial charge is 0.355 e. The number of hydrogen-bond donors (Lipinski definition) is 1. The average Bonchev–Trinajstić information content (AvgIpc) is 3.00. The minimum Gasteiger partial charge on any atom is -0.355 e. The summed E-state index contributed by atoms with van der Waals surface area (Å²) < 4.78 is 44.4. The molecule has 7 nitrogen and oxygen atoms in total. The van der Waals surface area contributed by atoms with E-state index in [4.69, 9.17) is 0 Å². The van der Waals surface area contributed by atoms with Gasteiger partial charge in [0.05, 0.1) is 10.6 Å². The zero-order valence-electron chi connectivity index (χ0n) is 23.0. The summed E-state index contributed by atoms with van der Waals surface area (Å²) in [5.74, 6) is -1.62. The van der Waals surface area contributed by atoms with Crippen molar-refractivity contribution < 1.29 is 22.4 Å². The van der Waals surface area contributed by atoms with E-state index in [1.807, 2.05) is 30.3 Å². The lowest BCUT2D eigenvalue weighted by atomic mass is 10.0. The van der Waals surface area contributed by atoms with Crippen molar-refractivity contribution in [1.29, 1.82) is 0 Å². The van der Waals surface area contributed by atoms with Crippen molar-refractivity contribution in [2.75, 3.05) is 17.4 Å². The number of hydrogen-bond acceptors (Lipinski definition) is 4. The van der Waals surface area contributed by atoms with Gasteiger partial charge in [0.1, 0.15) is 18.4 Å². The number of anilines is 1. The Balaban J connectivity index is 1.79. The Bertz CT molecular complexity index is 1600. The van der Waals surface area contributed by atoms with E-state index < -0.39 is 40.2 Å². The molecule has 0 fully saturated rings. The Hall–Kier alpha value is -4.02. The third kappa shape index (κ3) is 7.63. The molecule has 2 amide bonds. The van der Waals surface area contributed by atoms with Crippen molar-refractivity contribution in [2.24, 2.45) is 0 Å². The van der Waals surface area contributed by atoms with Gasteiger partial charge in [-0.25, -0.2) is 12.8 Å². The summed E-state index contributed by atoms with van der Waals surface area (Å²) in [4.78, 5) is 29.0. The van der Waals surface area contributed by atoms with Crippen LogP contribution in [0.25, 0.3) is 0 Å². The molecule has 4 rings (SSSR count). The molecule has 0 heterocycles. The van der Waals surface area contributed by atoms with Crippen molar-refractivity contribution in [3.05, 3.63) is 131 Å². The SMILES string of the molecule is CCNC(=O)[C@@H](Cc1ccccc1)N(Cc1ccccc1F)C(=O)CN(c1ccc(Br)cc1)S(=O)(=O)c1ccccc1. The smallest absolute Gasteiger partial charge is 0.264 e. The minimum absolute atomic E-state index is 0.00549. The molecule has 42 heavy (non-hydrogen) atoms. The summed E-state index contributed by atoms with van der Waals surface area (Å²) in [6.45, 7) is 1.24. The molecule has 0 saturated carbocycles. The molecule has 0 radical (unpaired) electrons. The molecule has 0 aliphatic carbocycles. The Labute approximate surface area is 254 Å². The number of likely N-dealkylation sites (N-methyl/N-ethyl adjacent to an activating group) is 1. The molecular formula is C32H31BrFN3O4S. The monoisotopic (exact) mass is 651 g/mol. The van der Waals surface area contributed by atoms with Crippen LogP contribution in [0, 0.1) is 5.82 Å². The fourth-order valence-electron chi connectivity index (χ4n) is 4.51. The maximum Gasteiger partial charge on any atom is 0.264 e. The summed E-state index contributed by atoms with van der Waals surface area (Å²) in [5.41, 5.74) is 1.26. The first kappa shape index (κ1) is 30.9. The maximum absolute atomic E-state index is 14.9. The van der Waals surface area contributed by atoms with Crippen molar-refractivity contribution in [3.8, 4) is 0 Å². The predicted molar refractivity (Wildman–Crippen MR) is 165 cm³/mol. The van der Waals surface area contributed by atoms with Crippen LogP contribution < -0.4 is 9.62 Å². The van der Waals surface area contributed by atoms with Gasteiger partial charge < -0.3 is 10.2 Å². The van der Waals surface area contributed by atoms with E-state index in [0.29, 0.717) is 6.54 Å². The van der Waals surface area contributed by atoms with Gasteiger partial charge in [0.15, 0.2) is 0 Å². The second-order valence-corrected chi connectivity index (χ2v) is 12.3. The normalized spacial score (nSPS) is 11.9. The van der Waals surface area contributed by atoms with Crippen LogP contribution in [0.2, 0.25) is 0 Å². The number of rotatable bonds is 12. The Morgan fingerprint density at radius 2 is 1.45 bits per heavy atom. The molecule has 10 heteroatoms. The van der Waals surface area contributed by atoms with Crippen molar-refractivity contribution in [2.45, 2.75) is 30.8 Å². The standard InChI is InChI=1S/C32H31BrFN3O4S/c1-2-35-32(39)30(21-24-11-5-3-6-12-24)36(22-25-13-9-10-16-29(25)34)31(38)23-37(27-19-17-26(33)18-20-27)42(40,41)28-14-7-4-8-15-28/h3-20,30H,2,21-23H2,1H3,(H,35,39)/t30-/m1/s1. The fraction of sp³-hybridized carbons (Fsp3) is 0.188. The summed E-state index contributed by atoms with van der Waals surface area (Å²) >= 11 is 3.37. The van der Waals surface area contributed by atoms with Crippen LogP contribution in [0.5, 0.6) is 0 Å². The first-order valence-electron chi connectivity index (χ1n) is 13.4. The van der Waals surface area contributed by atoms with Crippen LogP contribution >= 0.6 is 15.9 Å². The molecule has 4 aromatic carbocycles. The van der Waals surface area contributed by atoms with E-state index in [1.54, 1.807) is 61.5 Å². The van der Waals surface area contributed by atoms with Gasteiger partial charge in [0.25, 0.3) is 10.0 Å². The molecule has 0 aliphatic heterocycles. The first-order valence-corrected chi connectivity index (χ1v) is 15.6. The maximum atomic E-state index is 14.9. The minimum atomic E-state index is -4.20. The highest BCUT2D eigenvalue weighted by atomic mass is 79.9. The highest BCUT2D eigenvalue weighted by molar-refractivity contribution is 9.10. The van der Waals surface area contributed by atoms with Gasteiger partial charge >= 0.3 is 0 Å². The van der Waals surface area contributed by atoms with Crippen LogP contribution in [0.1, 0.15) is 18.1 Å². The Kier molecular flexibility index (Phi) is 10.5. The van der Waals surface area contributed by atoms with E-state index in [-0.39, 0.29) is 29.1 Å². The van der Waals surface area contributed by atoms with Crippen molar-refractivity contribution >= 4 is 43.5 Å². The molecule has 218 valence electrons. The van der Waals surface area contributed by atoms with E-state index >= 15 is 0 Å². The molecule has 0 unspecified atom stereocenters. The molecule has 0 aromatic heterocycles. The topological polar surface area (TPSA) is 86.8 Å². The quantitative estimate of drug-likeness (QED) is 0.217. The van der Waals surface area contributed by atoms with Crippen LogP contribution in [0.4, 0.5) is 10.1 Å². The van der Waals surface area contributed by atoms with Crippen LogP contribution in [-0.2, 0) is 32.6 Å². The third-order valence-corrected chi connectivity index (χ3v) is 8.96. The number of nitrogens with zero attached hydrogens (tertiary/aromatic N) is 2. The number of halogens is 2. The van der Waals surface area contributed by atoms with E-state index in [0.717, 1.165) is 14.3 Å². The number of amides is 2. The number of benzene rings is 4. The van der Waals surface area contributed by atoms with Crippen LogP contribution in [0.3, 0.4) is 0 Å². The lowest BCUT2D eigenvalue weighted by Gasteiger charge is -2.34. The van der Waals surface area contributed by atoms with Gasteiger partial charge in [0, 0.05) is 29.5 Å². The Morgan fingerprint density at radius 3 is 2.07 bits per heavy atom. The zero-order chi connectivity index (χ0) is 30.1. The van der Waals surface area contributed by atoms with Crippen LogP contribution in [-0.4, -0.2) is 44.3 Å². The van der Waals surface area contributed by atoms with Gasteiger partial charge in [0.2, 0.25) is 11.8 Å². The lowest BCUT2D eigenvalue weighted by molar-refractivity contribution is -0.140. The molecule has 1 N–H and O–H groups in total. The van der Waals surface area contributed by atoms with Gasteiger partial charge in [-0.1, -0.05) is 82.7 Å². The average molecular weight is 653 g/mol. The van der Waals surface area contributed by atoms with Crippen LogP contribution in [0.15, 0.2) is 119 Å². The van der Waals surface area contributed by atoms with Gasteiger partial charge in [-0.2, -0.15) is 0 Å². The van der Waals surface area contributed by atoms with Crippen molar-refractivity contribution in [1.82, 2.24) is 10.2 Å². The van der Waals surface area contributed by atoms with Gasteiger partial charge in [-0.3, -0.25) is 13.9 Å². The molecule has 0 aliphatic rings. The number of carbonyl (C=O) groups excluding carboxylic acids is 2. The molecule has 0 saturated heterocycles. The second-order valence-electron chi connectivity index (χ2n) is 9.51. The third-order valence-electron chi connectivity index (χ3n) is 6.65. The molecular weight excluding hydrogens is 621 g/mol. The zero-order valence-corrected chi connectivity index (χ0v) is 25.4. The van der Waals surface area contributed by atoms with E-state index in [9.17, 15) is 22.4 Å². The molecule has 4 aromatic rings. The summed E-state index contributed by atoms with van der Waals surface area (Å²) in [5, 5.41) is 2.79. The van der Waals surface area contributed by atoms with E-state index in [2.05, 4.69) is 21.2 Å². The molecule has 0 spiro atoms. The van der Waals surface area contributed by atoms with Gasteiger partial charge in [-0.05, 0) is 55.0 Å². The number of nitrogens with one attached hydrogen (secondary N) is 1. The molecule has 0 bridgehead atoms. The van der Waals surface area contributed by atoms with Gasteiger partial charge in [-0.15, -0.1) is 0 Å². The number of carbonyl (C=O) groups is 2. The Morgan fingerprint density at radius 1 is 0.857 bits per heavy atom. The highest BCUT2D eigenvalue weighted by Gasteiger charge is 2.34. The first-order chi connectivity index (χ1) is 20.2. The fourth-order valence-corrected chi connectivity index (χ4v) is 6.21. The lowest BCUT2D eigenvalue weighted by Crippen LogP contribution is -2.53.